The summed E-state index contributed by atoms with van der Waals surface area (Å²) >= 11 is 12.7. The number of hydrogen-bond acceptors (Lipinski definition) is 2. The number of rotatable bonds is 11. The van der Waals surface area contributed by atoms with Gasteiger partial charge in [-0.2, -0.15) is 0 Å². The topological polar surface area (TPSA) is 49.4 Å². The van der Waals surface area contributed by atoms with Crippen molar-refractivity contribution in [3.05, 3.63) is 105 Å². The van der Waals surface area contributed by atoms with Gasteiger partial charge in [0.15, 0.2) is 0 Å². The molecule has 0 saturated carbocycles. The Morgan fingerprint density at radius 3 is 2.18 bits per heavy atom. The monoisotopic (exact) mass is 566 g/mol. The largest absolute Gasteiger partial charge is 0.352 e. The number of hydrogen-bond donors (Lipinski definition) is 1. The van der Waals surface area contributed by atoms with Gasteiger partial charge in [0.2, 0.25) is 11.8 Å². The van der Waals surface area contributed by atoms with Crippen LogP contribution < -0.4 is 5.32 Å². The van der Waals surface area contributed by atoms with Crippen LogP contribution in [0.25, 0.3) is 0 Å². The molecule has 3 rings (SSSR count). The molecule has 0 bridgehead atoms. The first-order chi connectivity index (χ1) is 18.5. The third-order valence-electron chi connectivity index (χ3n) is 7.08. The van der Waals surface area contributed by atoms with Crippen molar-refractivity contribution >= 4 is 35.0 Å². The van der Waals surface area contributed by atoms with Crippen LogP contribution in [0.15, 0.2) is 72.8 Å². The maximum absolute atomic E-state index is 13.9. The van der Waals surface area contributed by atoms with Crippen molar-refractivity contribution in [3.8, 4) is 0 Å². The van der Waals surface area contributed by atoms with E-state index in [1.54, 1.807) is 17.0 Å². The van der Waals surface area contributed by atoms with E-state index in [-0.39, 0.29) is 36.2 Å². The van der Waals surface area contributed by atoms with Crippen molar-refractivity contribution in [3.63, 3.8) is 0 Å². The fourth-order valence-electron chi connectivity index (χ4n) is 4.39. The molecule has 0 aliphatic rings. The summed E-state index contributed by atoms with van der Waals surface area (Å²) in [7, 11) is 0. The van der Waals surface area contributed by atoms with Gasteiger partial charge in [-0.1, -0.05) is 112 Å². The molecule has 0 saturated heterocycles. The molecule has 0 aliphatic carbocycles. The molecule has 2 amide bonds. The van der Waals surface area contributed by atoms with E-state index in [1.165, 1.54) is 5.56 Å². The van der Waals surface area contributed by atoms with E-state index in [9.17, 15) is 9.59 Å². The minimum absolute atomic E-state index is 0.00632. The van der Waals surface area contributed by atoms with Crippen LogP contribution in [0.2, 0.25) is 10.0 Å². The van der Waals surface area contributed by atoms with Crippen molar-refractivity contribution in [2.75, 3.05) is 0 Å². The molecule has 0 unspecified atom stereocenters. The van der Waals surface area contributed by atoms with Crippen molar-refractivity contribution in [1.82, 2.24) is 10.2 Å². The van der Waals surface area contributed by atoms with E-state index in [0.717, 1.165) is 23.1 Å². The van der Waals surface area contributed by atoms with Gasteiger partial charge in [-0.05, 0) is 59.6 Å². The van der Waals surface area contributed by atoms with E-state index < -0.39 is 6.04 Å². The fourth-order valence-corrected chi connectivity index (χ4v) is 4.86. The zero-order valence-corrected chi connectivity index (χ0v) is 25.1. The molecule has 0 spiro atoms. The zero-order valence-electron chi connectivity index (χ0n) is 23.6. The van der Waals surface area contributed by atoms with Crippen LogP contribution in [0.5, 0.6) is 0 Å². The van der Waals surface area contributed by atoms with Gasteiger partial charge in [-0.15, -0.1) is 0 Å². The molecule has 3 aromatic carbocycles. The van der Waals surface area contributed by atoms with Crippen LogP contribution in [0.3, 0.4) is 0 Å². The predicted octanol–water partition coefficient (Wildman–Crippen LogP) is 7.78. The Hall–Kier alpha value is -2.82. The summed E-state index contributed by atoms with van der Waals surface area (Å²) < 4.78 is 0. The highest BCUT2D eigenvalue weighted by atomic mass is 35.5. The van der Waals surface area contributed by atoms with Crippen molar-refractivity contribution in [2.45, 2.75) is 84.3 Å². The van der Waals surface area contributed by atoms with Crippen LogP contribution in [0.1, 0.15) is 69.7 Å². The Morgan fingerprint density at radius 2 is 1.59 bits per heavy atom. The maximum Gasteiger partial charge on any atom is 0.243 e. The minimum atomic E-state index is -0.691. The first kappa shape index (κ1) is 30.7. The Labute approximate surface area is 243 Å². The highest BCUT2D eigenvalue weighted by molar-refractivity contribution is 6.35. The third-order valence-corrected chi connectivity index (χ3v) is 7.66. The van der Waals surface area contributed by atoms with Gasteiger partial charge in [-0.25, -0.2) is 0 Å². The van der Waals surface area contributed by atoms with E-state index in [4.69, 9.17) is 23.2 Å². The van der Waals surface area contributed by atoms with Crippen LogP contribution in [-0.4, -0.2) is 28.8 Å². The summed E-state index contributed by atoms with van der Waals surface area (Å²) in [6.07, 6.45) is 2.06. The number of halogens is 2. The summed E-state index contributed by atoms with van der Waals surface area (Å²) in [5.41, 5.74) is 4.14. The van der Waals surface area contributed by atoms with Crippen molar-refractivity contribution in [2.24, 2.45) is 0 Å². The lowest BCUT2D eigenvalue weighted by Crippen LogP contribution is -2.52. The van der Waals surface area contributed by atoms with Crippen LogP contribution >= 0.6 is 23.2 Å². The van der Waals surface area contributed by atoms with Gasteiger partial charge in [0, 0.05) is 35.5 Å². The second-order valence-corrected chi connectivity index (χ2v) is 12.1. The molecule has 1 N–H and O–H groups in total. The molecule has 6 heteroatoms. The quantitative estimate of drug-likeness (QED) is 0.257. The smallest absolute Gasteiger partial charge is 0.243 e. The molecular weight excluding hydrogens is 527 g/mol. The second kappa shape index (κ2) is 14.0. The summed E-state index contributed by atoms with van der Waals surface area (Å²) in [5.74, 6) is -0.262. The van der Waals surface area contributed by atoms with Crippen LogP contribution in [-0.2, 0) is 34.4 Å². The van der Waals surface area contributed by atoms with Gasteiger partial charge in [-0.3, -0.25) is 9.59 Å². The minimum Gasteiger partial charge on any atom is -0.352 e. The van der Waals surface area contributed by atoms with Gasteiger partial charge in [0.05, 0.1) is 0 Å². The lowest BCUT2D eigenvalue weighted by Gasteiger charge is -2.32. The first-order valence-corrected chi connectivity index (χ1v) is 14.4. The number of benzene rings is 3. The molecular formula is C33H40Cl2N2O2. The number of nitrogens with zero attached hydrogens (tertiary/aromatic N) is 1. The molecule has 0 radical (unpaired) electrons. The highest BCUT2D eigenvalue weighted by Crippen LogP contribution is 2.26. The molecule has 4 nitrogen and oxygen atoms in total. The number of amides is 2. The average molecular weight is 568 g/mol. The van der Waals surface area contributed by atoms with Gasteiger partial charge in [0.25, 0.3) is 0 Å². The van der Waals surface area contributed by atoms with Gasteiger partial charge >= 0.3 is 0 Å². The zero-order chi connectivity index (χ0) is 28.6. The van der Waals surface area contributed by atoms with Crippen molar-refractivity contribution in [1.29, 1.82) is 0 Å². The number of carbonyl (C=O) groups excluding carboxylic acids is 2. The summed E-state index contributed by atoms with van der Waals surface area (Å²) in [6, 6.07) is 22.8. The molecule has 2 atom stereocenters. The first-order valence-electron chi connectivity index (χ1n) is 13.6. The Kier molecular flexibility index (Phi) is 11.0. The van der Waals surface area contributed by atoms with Gasteiger partial charge < -0.3 is 10.2 Å². The molecule has 208 valence electrons. The fraction of sp³-hybridized carbons (Fsp3) is 0.394. The summed E-state index contributed by atoms with van der Waals surface area (Å²) in [4.78, 5) is 29.2. The molecule has 0 heterocycles. The van der Waals surface area contributed by atoms with E-state index in [1.807, 2.05) is 50.2 Å². The van der Waals surface area contributed by atoms with Crippen molar-refractivity contribution < 1.29 is 9.59 Å². The van der Waals surface area contributed by atoms with Crippen LogP contribution in [0, 0.1) is 0 Å². The standard InChI is InChI=1S/C33H40Cl2N2O2/c1-6-23(2)36-32(39)30(20-25-10-8-7-9-11-25)37(22-26-15-18-28(34)21-29(26)35)31(38)19-14-24-12-16-27(17-13-24)33(3,4)5/h7-13,15-18,21,23,30H,6,14,19-20,22H2,1-5H3,(H,36,39)/t23-,30-/m0/s1. The van der Waals surface area contributed by atoms with E-state index in [2.05, 4.69) is 50.4 Å². The number of carbonyl (C=O) groups is 2. The predicted molar refractivity (Wildman–Crippen MR) is 162 cm³/mol. The van der Waals surface area contributed by atoms with Crippen LogP contribution in [0.4, 0.5) is 0 Å². The maximum atomic E-state index is 13.9. The summed E-state index contributed by atoms with van der Waals surface area (Å²) in [5, 5.41) is 4.10. The van der Waals surface area contributed by atoms with E-state index >= 15 is 0 Å². The molecule has 39 heavy (non-hydrogen) atoms. The summed E-state index contributed by atoms with van der Waals surface area (Å²) in [6.45, 7) is 10.8. The average Bonchev–Trinajstić information content (AvgIpc) is 2.90. The number of nitrogens with one attached hydrogen (secondary N) is 1. The lowest BCUT2D eigenvalue weighted by atomic mass is 9.86. The molecule has 0 aromatic heterocycles. The van der Waals surface area contributed by atoms with E-state index in [0.29, 0.717) is 22.9 Å². The lowest BCUT2D eigenvalue weighted by molar-refractivity contribution is -0.141. The number of aryl methyl sites for hydroxylation is 1. The second-order valence-electron chi connectivity index (χ2n) is 11.2. The Bertz CT molecular complexity index is 1240. The third kappa shape index (κ3) is 9.12. The Balaban J connectivity index is 1.92. The highest BCUT2D eigenvalue weighted by Gasteiger charge is 2.31. The Morgan fingerprint density at radius 1 is 0.923 bits per heavy atom. The SMILES string of the molecule is CC[C@H](C)NC(=O)[C@H](Cc1ccccc1)N(Cc1ccc(Cl)cc1Cl)C(=O)CCc1ccc(C(C)(C)C)cc1. The molecule has 0 fully saturated rings. The van der Waals surface area contributed by atoms with Gasteiger partial charge in [0.1, 0.15) is 6.04 Å². The molecule has 0 aliphatic heterocycles. The molecule has 3 aromatic rings. The normalized spacial score (nSPS) is 13.0.